The number of unbranched alkanes of at least 4 members (excludes halogenated alkanes) is 2. The summed E-state index contributed by atoms with van der Waals surface area (Å²) in [5.41, 5.74) is 0. The van der Waals surface area contributed by atoms with Gasteiger partial charge in [0.05, 0.1) is 13.0 Å². The summed E-state index contributed by atoms with van der Waals surface area (Å²) in [5.74, 6) is -0.788. The van der Waals surface area contributed by atoms with Crippen LogP contribution in [0.2, 0.25) is 0 Å². The van der Waals surface area contributed by atoms with Gasteiger partial charge in [0.15, 0.2) is 6.40 Å². The molecule has 0 rings (SSSR count). The zero-order valence-corrected chi connectivity index (χ0v) is 25.6. The summed E-state index contributed by atoms with van der Waals surface area (Å²) < 4.78 is 26.7. The minimum atomic E-state index is -1.57. The normalized spacial score (nSPS) is 13.4. The standard InChI is InChI=1S/C27H51N4O7P/c1-8-10-13-25(33)29-18-24(38-39(37-20-28-9-2)31(21(3)4)22(5)6)19-30-26(34)14-11-12-17-36-27(35)16-15-23(7)32/h20-22,24H,8-19H2,1-7H3,(H,29,33)(H,30,34)/i1D. The highest BCUT2D eigenvalue weighted by molar-refractivity contribution is 7.45. The van der Waals surface area contributed by atoms with Crippen molar-refractivity contribution < 1.29 is 34.3 Å². The van der Waals surface area contributed by atoms with Crippen molar-refractivity contribution in [1.29, 1.82) is 0 Å². The van der Waals surface area contributed by atoms with E-state index in [9.17, 15) is 19.2 Å². The van der Waals surface area contributed by atoms with Crippen LogP contribution < -0.4 is 10.6 Å². The van der Waals surface area contributed by atoms with Gasteiger partial charge >= 0.3 is 14.5 Å². The molecule has 0 aliphatic rings. The number of carbonyl (C=O) groups excluding carboxylic acids is 4. The van der Waals surface area contributed by atoms with Gasteiger partial charge in [-0.2, -0.15) is 0 Å². The Morgan fingerprint density at radius 1 is 0.949 bits per heavy atom. The molecule has 39 heavy (non-hydrogen) atoms. The fourth-order valence-corrected chi connectivity index (χ4v) is 4.94. The Morgan fingerprint density at radius 2 is 1.56 bits per heavy atom. The Labute approximate surface area is 237 Å². The first-order chi connectivity index (χ1) is 19.0. The van der Waals surface area contributed by atoms with E-state index in [1.165, 1.54) is 13.3 Å². The lowest BCUT2D eigenvalue weighted by Crippen LogP contribution is -2.42. The number of ether oxygens (including phenoxy) is 1. The summed E-state index contributed by atoms with van der Waals surface area (Å²) in [6, 6.07) is 0.236. The van der Waals surface area contributed by atoms with Crippen LogP contribution in [0.1, 0.15) is 101 Å². The van der Waals surface area contributed by atoms with E-state index in [0.29, 0.717) is 38.6 Å². The molecule has 0 heterocycles. The first-order valence-corrected chi connectivity index (χ1v) is 15.0. The first kappa shape index (κ1) is 34.9. The van der Waals surface area contributed by atoms with Crippen LogP contribution in [0, 0.1) is 0 Å². The second kappa shape index (κ2) is 22.7. The molecule has 0 aromatic heterocycles. The van der Waals surface area contributed by atoms with Gasteiger partial charge in [0, 0.05) is 52.4 Å². The van der Waals surface area contributed by atoms with Gasteiger partial charge in [-0.3, -0.25) is 19.4 Å². The third-order valence-corrected chi connectivity index (χ3v) is 7.38. The van der Waals surface area contributed by atoms with Crippen molar-refractivity contribution in [3.63, 3.8) is 0 Å². The van der Waals surface area contributed by atoms with E-state index < -0.39 is 20.6 Å². The minimum Gasteiger partial charge on any atom is -0.466 e. The SMILES string of the molecule is [2H]CCCCC(=O)NCC(CNC(=O)CCCCOC(=O)CCC(C)=O)OP(OC=NCC)N(C(C)C)C(C)C. The number of ketones is 1. The summed E-state index contributed by atoms with van der Waals surface area (Å²) >= 11 is 0. The second-order valence-corrected chi connectivity index (χ2v) is 11.0. The summed E-state index contributed by atoms with van der Waals surface area (Å²) in [6.45, 7) is 12.9. The van der Waals surface area contributed by atoms with E-state index in [2.05, 4.69) is 20.3 Å². The number of Topliss-reactive ketones (excluding diaryl/α,β-unsaturated/α-hetero) is 1. The summed E-state index contributed by atoms with van der Waals surface area (Å²) in [4.78, 5) is 51.5. The Kier molecular flexibility index (Phi) is 20.3. The maximum atomic E-state index is 12.5. The van der Waals surface area contributed by atoms with Gasteiger partial charge in [-0.25, -0.2) is 4.67 Å². The first-order valence-electron chi connectivity index (χ1n) is 14.6. The summed E-state index contributed by atoms with van der Waals surface area (Å²) in [6.07, 6.45) is 4.02. The van der Waals surface area contributed by atoms with Crippen molar-refractivity contribution in [2.45, 2.75) is 118 Å². The van der Waals surface area contributed by atoms with Crippen LogP contribution in [0.15, 0.2) is 4.99 Å². The van der Waals surface area contributed by atoms with Gasteiger partial charge in [-0.1, -0.05) is 13.3 Å². The maximum Gasteiger partial charge on any atom is 0.322 e. The van der Waals surface area contributed by atoms with Gasteiger partial charge in [-0.05, 0) is 60.8 Å². The maximum absolute atomic E-state index is 12.5. The Balaban J connectivity index is 5.06. The number of rotatable bonds is 23. The van der Waals surface area contributed by atoms with E-state index in [1.807, 2.05) is 34.6 Å². The van der Waals surface area contributed by atoms with Crippen molar-refractivity contribution in [3.8, 4) is 0 Å². The van der Waals surface area contributed by atoms with Gasteiger partial charge in [0.2, 0.25) is 11.8 Å². The highest BCUT2D eigenvalue weighted by atomic mass is 31.2. The van der Waals surface area contributed by atoms with Gasteiger partial charge in [0.25, 0.3) is 0 Å². The number of nitrogens with one attached hydrogen (secondary N) is 2. The van der Waals surface area contributed by atoms with E-state index in [1.54, 1.807) is 0 Å². The number of amides is 2. The van der Waals surface area contributed by atoms with Crippen LogP contribution >= 0.6 is 8.53 Å². The van der Waals surface area contributed by atoms with E-state index in [0.717, 1.165) is 0 Å². The fourth-order valence-electron chi connectivity index (χ4n) is 3.37. The summed E-state index contributed by atoms with van der Waals surface area (Å²) in [7, 11) is -1.57. The van der Waals surface area contributed by atoms with Crippen molar-refractivity contribution >= 4 is 38.5 Å². The van der Waals surface area contributed by atoms with Gasteiger partial charge in [0.1, 0.15) is 11.9 Å². The molecular weight excluding hydrogens is 523 g/mol. The van der Waals surface area contributed by atoms with Crippen LogP contribution in [-0.2, 0) is 33.0 Å². The molecule has 0 aromatic carbocycles. The summed E-state index contributed by atoms with van der Waals surface area (Å²) in [5, 5.41) is 5.76. The molecule has 0 saturated carbocycles. The lowest BCUT2D eigenvalue weighted by molar-refractivity contribution is -0.144. The van der Waals surface area contributed by atoms with Crippen molar-refractivity contribution in [2.75, 3.05) is 26.2 Å². The number of aliphatic imine (C=N–C) groups is 1. The zero-order chi connectivity index (χ0) is 30.3. The molecule has 0 aliphatic carbocycles. The molecule has 2 atom stereocenters. The highest BCUT2D eigenvalue weighted by Gasteiger charge is 2.31. The topological polar surface area (TPSA) is 136 Å². The molecule has 2 amide bonds. The largest absolute Gasteiger partial charge is 0.466 e. The number of nitrogens with zero attached hydrogens (tertiary/aromatic N) is 2. The molecule has 0 bridgehead atoms. The lowest BCUT2D eigenvalue weighted by Gasteiger charge is -2.36. The third kappa shape index (κ3) is 19.6. The molecule has 0 aromatic rings. The van der Waals surface area contributed by atoms with Crippen LogP contribution in [0.5, 0.6) is 0 Å². The molecule has 0 radical (unpaired) electrons. The van der Waals surface area contributed by atoms with Crippen LogP contribution in [0.3, 0.4) is 0 Å². The highest BCUT2D eigenvalue weighted by Crippen LogP contribution is 2.46. The quantitative estimate of drug-likeness (QED) is 0.0606. The van der Waals surface area contributed by atoms with Crippen molar-refractivity contribution in [1.82, 2.24) is 15.3 Å². The Hall–Kier alpha value is -2.10. The molecule has 0 aliphatic heterocycles. The van der Waals surface area contributed by atoms with Gasteiger partial charge < -0.3 is 29.2 Å². The number of hydrogen-bond acceptors (Lipinski definition) is 9. The van der Waals surface area contributed by atoms with E-state index in [4.69, 9.17) is 15.2 Å². The van der Waals surface area contributed by atoms with E-state index in [-0.39, 0.29) is 75.5 Å². The van der Waals surface area contributed by atoms with Crippen LogP contribution in [0.25, 0.3) is 0 Å². The molecule has 0 spiro atoms. The van der Waals surface area contributed by atoms with Crippen molar-refractivity contribution in [3.05, 3.63) is 0 Å². The molecule has 2 unspecified atom stereocenters. The predicted octanol–water partition coefficient (Wildman–Crippen LogP) is 4.29. The number of carbonyl (C=O) groups is 4. The predicted molar refractivity (Wildman–Crippen MR) is 154 cm³/mol. The fraction of sp³-hybridized carbons (Fsp3) is 0.815. The smallest absolute Gasteiger partial charge is 0.322 e. The average Bonchev–Trinajstić information content (AvgIpc) is 2.88. The molecule has 2 N–H and O–H groups in total. The minimum absolute atomic E-state index is 0.0612. The average molecular weight is 576 g/mol. The molecule has 0 fully saturated rings. The Morgan fingerprint density at radius 3 is 2.10 bits per heavy atom. The molecular formula is C27H51N4O7P. The van der Waals surface area contributed by atoms with Crippen LogP contribution in [-0.4, -0.2) is 79.1 Å². The number of esters is 1. The van der Waals surface area contributed by atoms with Gasteiger partial charge in [-0.15, -0.1) is 0 Å². The van der Waals surface area contributed by atoms with Crippen molar-refractivity contribution in [2.24, 2.45) is 4.99 Å². The third-order valence-electron chi connectivity index (χ3n) is 5.33. The van der Waals surface area contributed by atoms with Crippen LogP contribution in [0.4, 0.5) is 0 Å². The molecule has 12 heteroatoms. The zero-order valence-electron chi connectivity index (χ0n) is 25.7. The molecule has 0 saturated heterocycles. The van der Waals surface area contributed by atoms with E-state index >= 15 is 0 Å². The number of hydrogen-bond donors (Lipinski definition) is 2. The molecule has 11 nitrogen and oxygen atoms in total. The second-order valence-electron chi connectivity index (χ2n) is 9.69. The Bertz CT molecular complexity index is 763. The molecule has 226 valence electrons. The monoisotopic (exact) mass is 575 g/mol. The lowest BCUT2D eigenvalue weighted by atomic mass is 10.2.